The molecule has 1 fully saturated rings. The van der Waals surface area contributed by atoms with E-state index < -0.39 is 11.7 Å². The van der Waals surface area contributed by atoms with Gasteiger partial charge in [0.05, 0.1) is 11.7 Å². The van der Waals surface area contributed by atoms with Crippen molar-refractivity contribution in [1.82, 2.24) is 0 Å². The Hall–Kier alpha value is -0.870. The van der Waals surface area contributed by atoms with E-state index in [9.17, 15) is 15.0 Å². The predicted octanol–water partition coefficient (Wildman–Crippen LogP) is 2.43. The van der Waals surface area contributed by atoms with Crippen molar-refractivity contribution in [2.45, 2.75) is 71.7 Å². The van der Waals surface area contributed by atoms with E-state index in [4.69, 9.17) is 4.74 Å². The zero-order valence-corrected chi connectivity index (χ0v) is 13.7. The molecule has 2 rings (SSSR count). The molecule has 0 saturated heterocycles. The lowest BCUT2D eigenvalue weighted by Gasteiger charge is -2.55. The highest BCUT2D eigenvalue weighted by Crippen LogP contribution is 2.56. The van der Waals surface area contributed by atoms with Crippen molar-refractivity contribution in [3.63, 3.8) is 0 Å². The standard InChI is InChI=1S/C17H28O4/c1-11(18)21-14-10-13(19)15(2,3)12-6-7-16(4,20)8-9-17(12,14)5/h8-9,12-14,19-20H,6-7,10H2,1-5H3/t12-,13-,14+,16?,17+/m0/s1. The Morgan fingerprint density at radius 1 is 1.24 bits per heavy atom. The maximum atomic E-state index is 11.4. The van der Waals surface area contributed by atoms with Crippen LogP contribution in [0.15, 0.2) is 12.2 Å². The predicted molar refractivity (Wildman–Crippen MR) is 80.6 cm³/mol. The third-order valence-electron chi connectivity index (χ3n) is 5.69. The van der Waals surface area contributed by atoms with E-state index in [0.29, 0.717) is 12.8 Å². The van der Waals surface area contributed by atoms with Crippen molar-refractivity contribution in [1.29, 1.82) is 0 Å². The molecule has 2 N–H and O–H groups in total. The quantitative estimate of drug-likeness (QED) is 0.576. The first-order valence-electron chi connectivity index (χ1n) is 7.77. The van der Waals surface area contributed by atoms with Gasteiger partial charge >= 0.3 is 5.97 Å². The molecule has 2 aliphatic carbocycles. The van der Waals surface area contributed by atoms with Crippen molar-refractivity contribution >= 4 is 5.97 Å². The second-order valence-corrected chi connectivity index (χ2v) is 7.82. The molecule has 2 aliphatic rings. The summed E-state index contributed by atoms with van der Waals surface area (Å²) in [6.07, 6.45) is 4.84. The largest absolute Gasteiger partial charge is 0.462 e. The second-order valence-electron chi connectivity index (χ2n) is 7.82. The zero-order valence-electron chi connectivity index (χ0n) is 13.7. The van der Waals surface area contributed by atoms with Gasteiger partial charge in [0.1, 0.15) is 6.10 Å². The van der Waals surface area contributed by atoms with E-state index >= 15 is 0 Å². The topological polar surface area (TPSA) is 66.8 Å². The SMILES string of the molecule is CC(=O)O[C@@H]1C[C@H](O)C(C)(C)[C@@H]2CCC(C)(O)C=C[C@@]12C. The number of carbonyl (C=O) groups excluding carboxylic acids is 1. The van der Waals surface area contributed by atoms with E-state index in [1.807, 2.05) is 12.2 Å². The Morgan fingerprint density at radius 2 is 1.86 bits per heavy atom. The van der Waals surface area contributed by atoms with E-state index in [1.54, 1.807) is 6.92 Å². The highest BCUT2D eigenvalue weighted by molar-refractivity contribution is 5.66. The van der Waals surface area contributed by atoms with Gasteiger partial charge in [0.2, 0.25) is 0 Å². The summed E-state index contributed by atoms with van der Waals surface area (Å²) in [5, 5.41) is 20.9. The molecular weight excluding hydrogens is 268 g/mol. The Balaban J connectivity index is 2.46. The van der Waals surface area contributed by atoms with Crippen molar-refractivity contribution in [3.05, 3.63) is 12.2 Å². The maximum Gasteiger partial charge on any atom is 0.302 e. The summed E-state index contributed by atoms with van der Waals surface area (Å²) in [5.41, 5.74) is -1.49. The minimum atomic E-state index is -0.845. The van der Waals surface area contributed by atoms with Gasteiger partial charge in [-0.25, -0.2) is 0 Å². The van der Waals surface area contributed by atoms with Gasteiger partial charge in [0.15, 0.2) is 0 Å². The molecule has 21 heavy (non-hydrogen) atoms. The van der Waals surface area contributed by atoms with Crippen molar-refractivity contribution in [3.8, 4) is 0 Å². The Morgan fingerprint density at radius 3 is 2.43 bits per heavy atom. The van der Waals surface area contributed by atoms with Crippen molar-refractivity contribution in [2.75, 3.05) is 0 Å². The normalized spacial score (nSPS) is 45.6. The van der Waals surface area contributed by atoms with Crippen LogP contribution in [0.2, 0.25) is 0 Å². The van der Waals surface area contributed by atoms with Crippen LogP contribution in [-0.2, 0) is 9.53 Å². The van der Waals surface area contributed by atoms with Crippen LogP contribution in [0.4, 0.5) is 0 Å². The third kappa shape index (κ3) is 2.88. The smallest absolute Gasteiger partial charge is 0.302 e. The molecule has 0 heterocycles. The first kappa shape index (κ1) is 16.5. The van der Waals surface area contributed by atoms with Crippen LogP contribution < -0.4 is 0 Å². The lowest BCUT2D eigenvalue weighted by atomic mass is 9.53. The van der Waals surface area contributed by atoms with Gasteiger partial charge in [-0.2, -0.15) is 0 Å². The number of fused-ring (bicyclic) bond motifs is 1. The van der Waals surface area contributed by atoms with Crippen LogP contribution in [0.25, 0.3) is 0 Å². The van der Waals surface area contributed by atoms with Crippen LogP contribution in [0, 0.1) is 16.7 Å². The molecule has 0 amide bonds. The first-order valence-corrected chi connectivity index (χ1v) is 7.77. The molecular formula is C17H28O4. The second kappa shape index (κ2) is 5.10. The molecule has 4 nitrogen and oxygen atoms in total. The fraction of sp³-hybridized carbons (Fsp3) is 0.824. The first-order chi connectivity index (χ1) is 9.49. The van der Waals surface area contributed by atoms with E-state index in [0.717, 1.165) is 6.42 Å². The fourth-order valence-electron chi connectivity index (χ4n) is 4.18. The summed E-state index contributed by atoms with van der Waals surface area (Å²) < 4.78 is 5.52. The molecule has 0 aliphatic heterocycles. The van der Waals surface area contributed by atoms with Crippen LogP contribution in [0.1, 0.15) is 53.9 Å². The monoisotopic (exact) mass is 296 g/mol. The number of rotatable bonds is 1. The van der Waals surface area contributed by atoms with Crippen molar-refractivity contribution < 1.29 is 19.7 Å². The molecule has 0 bridgehead atoms. The third-order valence-corrected chi connectivity index (χ3v) is 5.69. The van der Waals surface area contributed by atoms with Gasteiger partial charge in [-0.15, -0.1) is 0 Å². The molecule has 0 aromatic carbocycles. The van der Waals surface area contributed by atoms with Crippen LogP contribution >= 0.6 is 0 Å². The molecule has 1 unspecified atom stereocenters. The number of esters is 1. The average Bonchev–Trinajstić information content (AvgIpc) is 2.45. The molecule has 1 saturated carbocycles. The lowest BCUT2D eigenvalue weighted by Crippen LogP contribution is -2.56. The highest BCUT2D eigenvalue weighted by atomic mass is 16.5. The Kier molecular flexibility index (Phi) is 4.00. The minimum Gasteiger partial charge on any atom is -0.462 e. The van der Waals surface area contributed by atoms with E-state index in [2.05, 4.69) is 20.8 Å². The van der Waals surface area contributed by atoms with Gasteiger partial charge in [-0.3, -0.25) is 4.79 Å². The molecule has 0 aromatic heterocycles. The zero-order chi connectivity index (χ0) is 16.1. The van der Waals surface area contributed by atoms with E-state index in [-0.39, 0.29) is 28.8 Å². The summed E-state index contributed by atoms with van der Waals surface area (Å²) in [5.74, 6) is -0.181. The summed E-state index contributed by atoms with van der Waals surface area (Å²) in [6, 6.07) is 0. The average molecular weight is 296 g/mol. The Bertz CT molecular complexity index is 452. The number of carbonyl (C=O) groups is 1. The number of ether oxygens (including phenoxy) is 1. The Labute approximate surface area is 127 Å². The van der Waals surface area contributed by atoms with Gasteiger partial charge in [-0.1, -0.05) is 32.9 Å². The van der Waals surface area contributed by atoms with Crippen molar-refractivity contribution in [2.24, 2.45) is 16.7 Å². The molecule has 4 heteroatoms. The van der Waals surface area contributed by atoms with Crippen LogP contribution in [-0.4, -0.2) is 34.0 Å². The van der Waals surface area contributed by atoms with Gasteiger partial charge < -0.3 is 14.9 Å². The van der Waals surface area contributed by atoms with Gasteiger partial charge in [0, 0.05) is 18.8 Å². The summed E-state index contributed by atoms with van der Waals surface area (Å²) in [6.45, 7) is 9.42. The molecule has 0 radical (unpaired) electrons. The number of hydrogen-bond donors (Lipinski definition) is 2. The molecule has 0 aromatic rings. The molecule has 120 valence electrons. The maximum absolute atomic E-state index is 11.4. The number of aliphatic hydroxyl groups excluding tert-OH is 1. The number of aliphatic hydroxyl groups is 2. The highest BCUT2D eigenvalue weighted by Gasteiger charge is 2.56. The summed E-state index contributed by atoms with van der Waals surface area (Å²) in [4.78, 5) is 11.4. The molecule has 0 spiro atoms. The summed E-state index contributed by atoms with van der Waals surface area (Å²) >= 11 is 0. The van der Waals surface area contributed by atoms with Gasteiger partial charge in [-0.05, 0) is 31.1 Å². The van der Waals surface area contributed by atoms with E-state index in [1.165, 1.54) is 6.92 Å². The van der Waals surface area contributed by atoms with Crippen LogP contribution in [0.3, 0.4) is 0 Å². The van der Waals surface area contributed by atoms with Crippen LogP contribution in [0.5, 0.6) is 0 Å². The fourth-order valence-corrected chi connectivity index (χ4v) is 4.18. The lowest BCUT2D eigenvalue weighted by molar-refractivity contribution is -0.179. The molecule has 5 atom stereocenters. The summed E-state index contributed by atoms with van der Waals surface area (Å²) in [7, 11) is 0. The minimum absolute atomic E-state index is 0.142. The number of hydrogen-bond acceptors (Lipinski definition) is 4. The van der Waals surface area contributed by atoms with Gasteiger partial charge in [0.25, 0.3) is 0 Å².